The van der Waals surface area contributed by atoms with Crippen molar-refractivity contribution in [1.82, 2.24) is 0 Å². The van der Waals surface area contributed by atoms with E-state index >= 15 is 0 Å². The summed E-state index contributed by atoms with van der Waals surface area (Å²) in [5.41, 5.74) is 1.28. The third kappa shape index (κ3) is 1.55. The zero-order chi connectivity index (χ0) is 17.2. The number of methoxy groups -OCH3 is 1. The minimum absolute atomic E-state index is 0.255. The van der Waals surface area contributed by atoms with Crippen LogP contribution in [0.15, 0.2) is 0 Å². The van der Waals surface area contributed by atoms with E-state index in [9.17, 15) is 5.11 Å². The lowest BCUT2D eigenvalue weighted by Crippen LogP contribution is -2.57. The van der Waals surface area contributed by atoms with Crippen LogP contribution in [0.1, 0.15) is 65.2 Å². The maximum atomic E-state index is 10.8. The van der Waals surface area contributed by atoms with Gasteiger partial charge in [-0.15, -0.1) is 0 Å². The Balaban J connectivity index is 1.40. The molecule has 2 spiro atoms. The molecule has 1 N–H and O–H groups in total. The largest absolute Gasteiger partial charge is 0.381 e. The SMILES string of the molecule is CO[C@@H]1C[C@H]2[C@@H]3CC[C@H]4[C@]3(CC[C@@H]2[C@@]2(C)CC[C@@H]3C[C@]312)CO[C@]4(C)O. The van der Waals surface area contributed by atoms with Gasteiger partial charge in [0.1, 0.15) is 0 Å². The van der Waals surface area contributed by atoms with Crippen LogP contribution in [0.4, 0.5) is 0 Å². The lowest BCUT2D eigenvalue weighted by atomic mass is 9.45. The first kappa shape index (κ1) is 15.9. The average molecular weight is 347 g/mol. The van der Waals surface area contributed by atoms with E-state index in [1.165, 1.54) is 44.9 Å². The second-order valence-corrected chi connectivity index (χ2v) is 11.0. The maximum Gasteiger partial charge on any atom is 0.166 e. The van der Waals surface area contributed by atoms with Crippen LogP contribution in [0.3, 0.4) is 0 Å². The van der Waals surface area contributed by atoms with Crippen LogP contribution in [-0.2, 0) is 9.47 Å². The van der Waals surface area contributed by atoms with E-state index in [1.54, 1.807) is 0 Å². The van der Waals surface area contributed by atoms with E-state index in [1.807, 2.05) is 14.0 Å². The molecule has 10 atom stereocenters. The summed E-state index contributed by atoms with van der Waals surface area (Å²) < 4.78 is 12.1. The smallest absolute Gasteiger partial charge is 0.166 e. The van der Waals surface area contributed by atoms with Gasteiger partial charge in [-0.25, -0.2) is 0 Å². The van der Waals surface area contributed by atoms with Crippen molar-refractivity contribution in [1.29, 1.82) is 0 Å². The van der Waals surface area contributed by atoms with Gasteiger partial charge in [-0.2, -0.15) is 0 Å². The van der Waals surface area contributed by atoms with E-state index in [4.69, 9.17) is 9.47 Å². The zero-order valence-electron chi connectivity index (χ0n) is 16.1. The van der Waals surface area contributed by atoms with Crippen LogP contribution < -0.4 is 0 Å². The summed E-state index contributed by atoms with van der Waals surface area (Å²) in [4.78, 5) is 0. The third-order valence-electron chi connectivity index (χ3n) is 10.8. The number of fused-ring (bicyclic) bond motifs is 3. The zero-order valence-corrected chi connectivity index (χ0v) is 16.1. The van der Waals surface area contributed by atoms with Gasteiger partial charge in [-0.05, 0) is 87.4 Å². The fourth-order valence-electron chi connectivity index (χ4n) is 9.85. The van der Waals surface area contributed by atoms with E-state index in [0.29, 0.717) is 22.9 Å². The Kier molecular flexibility index (Phi) is 2.84. The molecule has 25 heavy (non-hydrogen) atoms. The van der Waals surface area contributed by atoms with Gasteiger partial charge in [-0.1, -0.05) is 6.92 Å². The molecule has 0 amide bonds. The Labute approximate surface area is 151 Å². The molecule has 6 rings (SSSR count). The molecule has 5 saturated carbocycles. The first-order valence-electron chi connectivity index (χ1n) is 10.8. The number of hydrogen-bond acceptors (Lipinski definition) is 3. The number of rotatable bonds is 1. The summed E-state index contributed by atoms with van der Waals surface area (Å²) in [6.45, 7) is 5.34. The van der Waals surface area contributed by atoms with Crippen molar-refractivity contribution in [3.8, 4) is 0 Å². The third-order valence-corrected chi connectivity index (χ3v) is 10.8. The summed E-state index contributed by atoms with van der Waals surface area (Å²) in [7, 11) is 1.97. The first-order chi connectivity index (χ1) is 11.9. The van der Waals surface area contributed by atoms with E-state index in [0.717, 1.165) is 36.7 Å². The fraction of sp³-hybridized carbons (Fsp3) is 1.00. The molecule has 140 valence electrons. The topological polar surface area (TPSA) is 38.7 Å². The molecule has 1 saturated heterocycles. The van der Waals surface area contributed by atoms with E-state index in [-0.39, 0.29) is 5.41 Å². The number of ether oxygens (including phenoxy) is 2. The molecule has 0 unspecified atom stereocenters. The van der Waals surface area contributed by atoms with E-state index in [2.05, 4.69) is 6.92 Å². The van der Waals surface area contributed by atoms with Gasteiger partial charge in [0.05, 0.1) is 12.7 Å². The van der Waals surface area contributed by atoms with Crippen LogP contribution in [0.5, 0.6) is 0 Å². The van der Waals surface area contributed by atoms with Crippen molar-refractivity contribution in [3.05, 3.63) is 0 Å². The van der Waals surface area contributed by atoms with Crippen LogP contribution >= 0.6 is 0 Å². The summed E-state index contributed by atoms with van der Waals surface area (Å²) in [5.74, 6) is 2.83. The lowest BCUT2D eigenvalue weighted by molar-refractivity contribution is -0.180. The van der Waals surface area contributed by atoms with Gasteiger partial charge < -0.3 is 14.6 Å². The predicted molar refractivity (Wildman–Crippen MR) is 94.7 cm³/mol. The minimum Gasteiger partial charge on any atom is -0.381 e. The highest BCUT2D eigenvalue weighted by Crippen LogP contribution is 2.82. The standard InChI is InChI=1S/C22H34O3/c1-19-8-6-13-11-22(13,19)18(24-3)10-14-15(19)7-9-21-12-25-20(2,23)17(21)5-4-16(14)21/h13-18,23H,4-12H2,1-3H3/t13-,14-,15+,16+,17-,18-,19-,20+,21-,22+/m1/s1. The van der Waals surface area contributed by atoms with Gasteiger partial charge >= 0.3 is 0 Å². The lowest BCUT2D eigenvalue weighted by Gasteiger charge is -2.60. The summed E-state index contributed by atoms with van der Waals surface area (Å²) in [6, 6.07) is 0. The van der Waals surface area contributed by atoms with Crippen LogP contribution in [0.25, 0.3) is 0 Å². The highest BCUT2D eigenvalue weighted by molar-refractivity contribution is 5.26. The summed E-state index contributed by atoms with van der Waals surface area (Å²) >= 11 is 0. The monoisotopic (exact) mass is 346 g/mol. The molecule has 1 heterocycles. The second kappa shape index (κ2) is 4.47. The molecule has 6 fully saturated rings. The Hall–Kier alpha value is -0.120. The molecular weight excluding hydrogens is 312 g/mol. The Morgan fingerprint density at radius 3 is 2.64 bits per heavy atom. The molecule has 0 aromatic heterocycles. The van der Waals surface area contributed by atoms with Crippen molar-refractivity contribution in [2.75, 3.05) is 13.7 Å². The maximum absolute atomic E-state index is 10.8. The van der Waals surface area contributed by atoms with Crippen molar-refractivity contribution < 1.29 is 14.6 Å². The average Bonchev–Trinajstić information content (AvgIpc) is 2.92. The van der Waals surface area contributed by atoms with Gasteiger partial charge in [0, 0.05) is 23.9 Å². The van der Waals surface area contributed by atoms with Gasteiger partial charge in [-0.3, -0.25) is 0 Å². The molecule has 6 aliphatic rings. The quantitative estimate of drug-likeness (QED) is 0.780. The summed E-state index contributed by atoms with van der Waals surface area (Å²) in [5, 5.41) is 10.8. The van der Waals surface area contributed by atoms with Crippen molar-refractivity contribution in [3.63, 3.8) is 0 Å². The van der Waals surface area contributed by atoms with Gasteiger partial charge in [0.25, 0.3) is 0 Å². The normalized spacial score (nSPS) is 67.2. The molecule has 3 nitrogen and oxygen atoms in total. The van der Waals surface area contributed by atoms with Crippen LogP contribution in [0, 0.1) is 45.8 Å². The Bertz CT molecular complexity index is 616. The van der Waals surface area contributed by atoms with Crippen molar-refractivity contribution in [2.24, 2.45) is 45.8 Å². The molecule has 0 bridgehead atoms. The molecule has 5 aliphatic carbocycles. The summed E-state index contributed by atoms with van der Waals surface area (Å²) in [6.07, 6.45) is 11.1. The Morgan fingerprint density at radius 1 is 1.04 bits per heavy atom. The highest BCUT2D eigenvalue weighted by atomic mass is 16.6. The molecule has 0 radical (unpaired) electrons. The highest BCUT2D eigenvalue weighted by Gasteiger charge is 2.78. The molecule has 0 aromatic rings. The minimum atomic E-state index is -0.892. The number of aliphatic hydroxyl groups is 1. The van der Waals surface area contributed by atoms with Gasteiger partial charge in [0.15, 0.2) is 5.79 Å². The van der Waals surface area contributed by atoms with Crippen molar-refractivity contribution >= 4 is 0 Å². The van der Waals surface area contributed by atoms with Gasteiger partial charge in [0.2, 0.25) is 0 Å². The molecule has 1 aliphatic heterocycles. The first-order valence-corrected chi connectivity index (χ1v) is 10.8. The number of hydrogen-bond donors (Lipinski definition) is 1. The van der Waals surface area contributed by atoms with Crippen LogP contribution in [0.2, 0.25) is 0 Å². The molecular formula is C22H34O3. The molecule has 3 heteroatoms. The second-order valence-electron chi connectivity index (χ2n) is 11.0. The van der Waals surface area contributed by atoms with Crippen LogP contribution in [-0.4, -0.2) is 30.7 Å². The Morgan fingerprint density at radius 2 is 1.88 bits per heavy atom. The van der Waals surface area contributed by atoms with Crippen molar-refractivity contribution in [2.45, 2.75) is 77.1 Å². The van der Waals surface area contributed by atoms with E-state index < -0.39 is 5.79 Å². The predicted octanol–water partition coefficient (Wildman–Crippen LogP) is 3.99. The fourth-order valence-corrected chi connectivity index (χ4v) is 9.85. The molecule has 0 aromatic carbocycles.